The van der Waals surface area contributed by atoms with Gasteiger partial charge in [-0.1, -0.05) is 88.9 Å². The first-order valence-corrected chi connectivity index (χ1v) is 8.69. The predicted octanol–water partition coefficient (Wildman–Crippen LogP) is 6.82. The zero-order valence-corrected chi connectivity index (χ0v) is 15.4. The van der Waals surface area contributed by atoms with E-state index in [1.807, 2.05) is 0 Å². The third-order valence-corrected chi connectivity index (χ3v) is 5.08. The van der Waals surface area contributed by atoms with E-state index in [1.165, 1.54) is 36.5 Å². The summed E-state index contributed by atoms with van der Waals surface area (Å²) in [5.41, 5.74) is 0. The molecule has 0 spiro atoms. The molecule has 0 unspecified atom stereocenters. The Hall–Kier alpha value is 0.0249. The van der Waals surface area contributed by atoms with Crippen LogP contribution in [0.3, 0.4) is 0 Å². The number of unbranched alkanes of at least 4 members (excludes halogenated alkanes) is 3. The lowest BCUT2D eigenvalue weighted by atomic mass is 9.31. The molecular formula is C17H32BBr. The quantitative estimate of drug-likeness (QED) is 0.322. The number of allylic oxidation sites excluding steroid dienone is 2. The van der Waals surface area contributed by atoms with Gasteiger partial charge in [-0.2, -0.15) is 0 Å². The summed E-state index contributed by atoms with van der Waals surface area (Å²) in [6, 6.07) is 0. The van der Waals surface area contributed by atoms with Crippen LogP contribution in [-0.4, -0.2) is 6.71 Å². The Kier molecular flexibility index (Phi) is 9.87. The molecule has 0 rings (SSSR count). The van der Waals surface area contributed by atoms with Gasteiger partial charge in [0.25, 0.3) is 0 Å². The van der Waals surface area contributed by atoms with Gasteiger partial charge >= 0.3 is 0 Å². The smallest absolute Gasteiger partial charge is 0.113 e. The highest BCUT2D eigenvalue weighted by molar-refractivity contribution is 9.12. The Morgan fingerprint density at radius 2 is 1.79 bits per heavy atom. The first-order valence-electron chi connectivity index (χ1n) is 7.90. The summed E-state index contributed by atoms with van der Waals surface area (Å²) in [6.07, 6.45) is 10.9. The molecule has 0 amide bonds. The van der Waals surface area contributed by atoms with E-state index in [4.69, 9.17) is 0 Å². The van der Waals surface area contributed by atoms with Gasteiger partial charge < -0.3 is 0 Å². The number of hydrogen-bond donors (Lipinski definition) is 0. The second-order valence-corrected chi connectivity index (χ2v) is 7.32. The van der Waals surface area contributed by atoms with Gasteiger partial charge in [0.05, 0.1) is 0 Å². The standard InChI is InChI=1S/C17H32BBr/c1-7-9-11-13-16(19)18(14-12-10-8-2)17(5,6)15(3)4/h12-15H,7-11H2,1-6H3/b14-12+,16-13-. The van der Waals surface area contributed by atoms with Gasteiger partial charge in [-0.15, -0.1) is 5.98 Å². The Balaban J connectivity index is 5.00. The van der Waals surface area contributed by atoms with Gasteiger partial charge in [0.15, 0.2) is 0 Å². The van der Waals surface area contributed by atoms with Crippen LogP contribution < -0.4 is 0 Å². The van der Waals surface area contributed by atoms with Gasteiger partial charge in [0, 0.05) is 0 Å². The van der Waals surface area contributed by atoms with Crippen molar-refractivity contribution in [2.75, 3.05) is 0 Å². The average molecular weight is 327 g/mol. The molecule has 0 aliphatic carbocycles. The fourth-order valence-corrected chi connectivity index (χ4v) is 3.00. The van der Waals surface area contributed by atoms with Crippen molar-refractivity contribution < 1.29 is 0 Å². The van der Waals surface area contributed by atoms with Crippen LogP contribution in [0.4, 0.5) is 0 Å². The molecule has 0 saturated heterocycles. The van der Waals surface area contributed by atoms with E-state index < -0.39 is 0 Å². The topological polar surface area (TPSA) is 0 Å². The minimum atomic E-state index is 0.284. The van der Waals surface area contributed by atoms with Crippen LogP contribution in [0, 0.1) is 5.92 Å². The largest absolute Gasteiger partial charge is 0.215 e. The summed E-state index contributed by atoms with van der Waals surface area (Å²) in [4.78, 5) is 0. The van der Waals surface area contributed by atoms with Crippen molar-refractivity contribution in [3.05, 3.63) is 22.5 Å². The highest BCUT2D eigenvalue weighted by Crippen LogP contribution is 2.42. The summed E-state index contributed by atoms with van der Waals surface area (Å²) in [6.45, 7) is 14.4. The molecule has 2 heteroatoms. The molecule has 0 fully saturated rings. The highest BCUT2D eigenvalue weighted by Gasteiger charge is 2.35. The Labute approximate surface area is 130 Å². The molecule has 0 radical (unpaired) electrons. The van der Waals surface area contributed by atoms with Crippen LogP contribution >= 0.6 is 15.9 Å². The third-order valence-electron chi connectivity index (χ3n) is 4.27. The molecule has 0 saturated carbocycles. The monoisotopic (exact) mass is 326 g/mol. The van der Waals surface area contributed by atoms with Crippen molar-refractivity contribution in [1.82, 2.24) is 0 Å². The third kappa shape index (κ3) is 6.83. The van der Waals surface area contributed by atoms with Crippen LogP contribution in [0.25, 0.3) is 0 Å². The van der Waals surface area contributed by atoms with E-state index in [1.54, 1.807) is 0 Å². The van der Waals surface area contributed by atoms with Crippen molar-refractivity contribution in [1.29, 1.82) is 0 Å². The molecule has 0 bridgehead atoms. The van der Waals surface area contributed by atoms with Gasteiger partial charge in [-0.05, 0) is 28.5 Å². The molecule has 0 N–H and O–H groups in total. The lowest BCUT2D eigenvalue weighted by Crippen LogP contribution is -2.31. The van der Waals surface area contributed by atoms with Crippen molar-refractivity contribution in [3.63, 3.8) is 0 Å². The maximum atomic E-state index is 3.84. The molecule has 110 valence electrons. The number of halogens is 1. The summed E-state index contributed by atoms with van der Waals surface area (Å²) in [5.74, 6) is 3.08. The van der Waals surface area contributed by atoms with E-state index >= 15 is 0 Å². The lowest BCUT2D eigenvalue weighted by Gasteiger charge is -2.34. The first kappa shape index (κ1) is 19.0. The fraction of sp³-hybridized carbons (Fsp3) is 0.765. The van der Waals surface area contributed by atoms with Crippen molar-refractivity contribution in [2.45, 2.75) is 79.0 Å². The van der Waals surface area contributed by atoms with Crippen LogP contribution in [0.1, 0.15) is 73.6 Å². The maximum Gasteiger partial charge on any atom is 0.215 e. The molecular weight excluding hydrogens is 295 g/mol. The molecule has 0 aromatic rings. The summed E-state index contributed by atoms with van der Waals surface area (Å²) in [5, 5.41) is 0.284. The molecule has 0 aromatic heterocycles. The van der Waals surface area contributed by atoms with Crippen molar-refractivity contribution >= 4 is 22.6 Å². The molecule has 0 aliphatic rings. The maximum absolute atomic E-state index is 3.84. The summed E-state index contributed by atoms with van der Waals surface area (Å²) in [7, 11) is 0. The zero-order valence-electron chi connectivity index (χ0n) is 13.8. The molecule has 0 aliphatic heterocycles. The lowest BCUT2D eigenvalue weighted by molar-refractivity contribution is 0.471. The Bertz CT molecular complexity index is 290. The Morgan fingerprint density at radius 1 is 1.16 bits per heavy atom. The van der Waals surface area contributed by atoms with E-state index in [0.29, 0.717) is 12.6 Å². The average Bonchev–Trinajstić information content (AvgIpc) is 2.34. The zero-order chi connectivity index (χ0) is 14.9. The van der Waals surface area contributed by atoms with Crippen molar-refractivity contribution in [3.8, 4) is 0 Å². The van der Waals surface area contributed by atoms with Gasteiger partial charge in [0.1, 0.15) is 0 Å². The van der Waals surface area contributed by atoms with Gasteiger partial charge in [-0.3, -0.25) is 0 Å². The van der Waals surface area contributed by atoms with E-state index in [2.05, 4.69) is 75.6 Å². The minimum absolute atomic E-state index is 0.284. The fourth-order valence-electron chi connectivity index (χ4n) is 2.02. The molecule has 19 heavy (non-hydrogen) atoms. The van der Waals surface area contributed by atoms with Crippen LogP contribution in [0.5, 0.6) is 0 Å². The number of rotatable bonds is 9. The van der Waals surface area contributed by atoms with E-state index in [9.17, 15) is 0 Å². The second kappa shape index (κ2) is 9.85. The normalized spacial score (nSPS) is 13.6. The molecule has 0 nitrogen and oxygen atoms in total. The van der Waals surface area contributed by atoms with Gasteiger partial charge in [0.2, 0.25) is 6.71 Å². The van der Waals surface area contributed by atoms with Gasteiger partial charge in [-0.25, -0.2) is 0 Å². The van der Waals surface area contributed by atoms with E-state index in [-0.39, 0.29) is 5.31 Å². The Morgan fingerprint density at radius 3 is 2.26 bits per heavy atom. The van der Waals surface area contributed by atoms with Crippen molar-refractivity contribution in [2.24, 2.45) is 5.92 Å². The highest BCUT2D eigenvalue weighted by atomic mass is 79.9. The second-order valence-electron chi connectivity index (χ2n) is 6.40. The van der Waals surface area contributed by atoms with Crippen LogP contribution in [0.2, 0.25) is 5.31 Å². The summed E-state index contributed by atoms with van der Waals surface area (Å²) >= 11 is 3.84. The first-order chi connectivity index (χ1) is 8.87. The molecule has 0 aromatic carbocycles. The SMILES string of the molecule is CCC/C=C/B(/C(Br)=C/CCCC)C(C)(C)C(C)C. The minimum Gasteiger partial charge on any atom is -0.113 e. The van der Waals surface area contributed by atoms with Crippen LogP contribution in [0.15, 0.2) is 22.5 Å². The predicted molar refractivity (Wildman–Crippen MR) is 95.2 cm³/mol. The van der Waals surface area contributed by atoms with Crippen LogP contribution in [-0.2, 0) is 0 Å². The molecule has 0 heterocycles. The van der Waals surface area contributed by atoms with E-state index in [0.717, 1.165) is 0 Å². The number of hydrogen-bond acceptors (Lipinski definition) is 0. The molecule has 0 atom stereocenters. The summed E-state index contributed by atoms with van der Waals surface area (Å²) < 4.78 is 1.37.